The first-order chi connectivity index (χ1) is 14.5. The minimum absolute atomic E-state index is 0.117. The van der Waals surface area contributed by atoms with Gasteiger partial charge in [-0.3, -0.25) is 4.79 Å². The van der Waals surface area contributed by atoms with Gasteiger partial charge in [0.1, 0.15) is 0 Å². The lowest BCUT2D eigenvalue weighted by Gasteiger charge is -2.10. The number of oxazole rings is 1. The third-order valence-electron chi connectivity index (χ3n) is 4.80. The fourth-order valence-electron chi connectivity index (χ4n) is 3.09. The molecule has 1 amide bonds. The Morgan fingerprint density at radius 2 is 1.90 bits per heavy atom. The minimum Gasteiger partial charge on any atom is -0.441 e. The predicted molar refractivity (Wildman–Crippen MR) is 112 cm³/mol. The van der Waals surface area contributed by atoms with E-state index >= 15 is 0 Å². The van der Waals surface area contributed by atoms with Crippen LogP contribution in [0.2, 0.25) is 0 Å². The second-order valence-corrected chi connectivity index (χ2v) is 7.17. The Morgan fingerprint density at radius 1 is 1.10 bits per heavy atom. The molecule has 4 aromatic rings. The van der Waals surface area contributed by atoms with Crippen molar-refractivity contribution in [2.75, 3.05) is 5.32 Å². The smallest absolute Gasteiger partial charge is 0.224 e. The van der Waals surface area contributed by atoms with Crippen molar-refractivity contribution in [1.29, 1.82) is 0 Å². The van der Waals surface area contributed by atoms with Gasteiger partial charge in [0.05, 0.1) is 11.9 Å². The number of aryl methyl sites for hydroxylation is 4. The number of carbonyl (C=O) groups excluding carboxylic acids is 1. The molecule has 0 atom stereocenters. The van der Waals surface area contributed by atoms with E-state index in [4.69, 9.17) is 4.42 Å². The van der Waals surface area contributed by atoms with E-state index in [0.717, 1.165) is 16.8 Å². The van der Waals surface area contributed by atoms with Crippen molar-refractivity contribution in [3.05, 3.63) is 71.5 Å². The van der Waals surface area contributed by atoms with E-state index in [1.807, 2.05) is 63.2 Å². The SMILES string of the molecule is Cc1ccc(-c2cnc(CCC(=O)Nc3ccc(C)c(-n4nnnc4C)c3)o2)cc1. The molecule has 0 radical (unpaired) electrons. The average Bonchev–Trinajstić information content (AvgIpc) is 3.38. The summed E-state index contributed by atoms with van der Waals surface area (Å²) in [4.78, 5) is 16.7. The van der Waals surface area contributed by atoms with Gasteiger partial charge in [0.25, 0.3) is 0 Å². The maximum absolute atomic E-state index is 12.4. The summed E-state index contributed by atoms with van der Waals surface area (Å²) in [6.45, 7) is 5.83. The summed E-state index contributed by atoms with van der Waals surface area (Å²) in [7, 11) is 0. The molecular weight excluding hydrogens is 380 g/mol. The Hall–Kier alpha value is -3.81. The molecule has 4 rings (SSSR count). The highest BCUT2D eigenvalue weighted by Gasteiger charge is 2.12. The quantitative estimate of drug-likeness (QED) is 0.526. The summed E-state index contributed by atoms with van der Waals surface area (Å²) in [6, 6.07) is 13.7. The van der Waals surface area contributed by atoms with E-state index < -0.39 is 0 Å². The van der Waals surface area contributed by atoms with Gasteiger partial charge in [0.2, 0.25) is 5.91 Å². The topological polar surface area (TPSA) is 98.7 Å². The van der Waals surface area contributed by atoms with E-state index in [1.165, 1.54) is 5.56 Å². The molecule has 0 aliphatic carbocycles. The molecule has 8 heteroatoms. The van der Waals surface area contributed by atoms with E-state index in [9.17, 15) is 4.79 Å². The number of tetrazole rings is 1. The number of anilines is 1. The molecule has 0 unspecified atom stereocenters. The maximum Gasteiger partial charge on any atom is 0.224 e. The molecule has 8 nitrogen and oxygen atoms in total. The first kappa shape index (κ1) is 19.5. The summed E-state index contributed by atoms with van der Waals surface area (Å²) < 4.78 is 7.43. The number of nitrogens with one attached hydrogen (secondary N) is 1. The Labute approximate surface area is 174 Å². The number of benzene rings is 2. The van der Waals surface area contributed by atoms with Gasteiger partial charge < -0.3 is 9.73 Å². The van der Waals surface area contributed by atoms with Gasteiger partial charge in [-0.25, -0.2) is 4.98 Å². The van der Waals surface area contributed by atoms with Gasteiger partial charge in [0.15, 0.2) is 17.5 Å². The molecule has 2 aromatic heterocycles. The highest BCUT2D eigenvalue weighted by atomic mass is 16.4. The number of hydrogen-bond acceptors (Lipinski definition) is 6. The Balaban J connectivity index is 1.39. The summed E-state index contributed by atoms with van der Waals surface area (Å²) in [5.74, 6) is 1.79. The monoisotopic (exact) mass is 402 g/mol. The first-order valence-corrected chi connectivity index (χ1v) is 9.67. The van der Waals surface area contributed by atoms with Crippen LogP contribution in [0.4, 0.5) is 5.69 Å². The minimum atomic E-state index is -0.117. The second-order valence-electron chi connectivity index (χ2n) is 7.17. The summed E-state index contributed by atoms with van der Waals surface area (Å²) in [5, 5.41) is 14.5. The molecule has 0 bridgehead atoms. The van der Waals surface area contributed by atoms with Crippen LogP contribution in [0.25, 0.3) is 17.0 Å². The molecule has 0 saturated carbocycles. The van der Waals surface area contributed by atoms with Crippen LogP contribution in [0, 0.1) is 20.8 Å². The van der Waals surface area contributed by atoms with Gasteiger partial charge in [-0.05, 0) is 48.9 Å². The van der Waals surface area contributed by atoms with Crippen LogP contribution in [0.15, 0.2) is 53.1 Å². The van der Waals surface area contributed by atoms with Crippen molar-refractivity contribution >= 4 is 11.6 Å². The Morgan fingerprint density at radius 3 is 2.63 bits per heavy atom. The predicted octanol–water partition coefficient (Wildman–Crippen LogP) is 3.81. The van der Waals surface area contributed by atoms with Crippen LogP contribution in [-0.4, -0.2) is 31.1 Å². The number of amides is 1. The number of carbonyl (C=O) groups is 1. The maximum atomic E-state index is 12.4. The third-order valence-corrected chi connectivity index (χ3v) is 4.80. The molecule has 2 heterocycles. The molecule has 0 fully saturated rings. The van der Waals surface area contributed by atoms with E-state index in [-0.39, 0.29) is 12.3 Å². The lowest BCUT2D eigenvalue weighted by molar-refractivity contribution is -0.116. The molecule has 1 N–H and O–H groups in total. The molecule has 2 aromatic carbocycles. The zero-order valence-electron chi connectivity index (χ0n) is 17.1. The molecule has 0 saturated heterocycles. The summed E-state index contributed by atoms with van der Waals surface area (Å²) >= 11 is 0. The number of aromatic nitrogens is 5. The van der Waals surface area contributed by atoms with Crippen molar-refractivity contribution in [3.63, 3.8) is 0 Å². The zero-order chi connectivity index (χ0) is 21.1. The highest BCUT2D eigenvalue weighted by Crippen LogP contribution is 2.22. The van der Waals surface area contributed by atoms with E-state index in [2.05, 4.69) is 25.8 Å². The molecule has 0 aliphatic heterocycles. The van der Waals surface area contributed by atoms with Gasteiger partial charge in [-0.1, -0.05) is 35.9 Å². The molecular formula is C22H22N6O2. The second kappa shape index (κ2) is 8.28. The summed E-state index contributed by atoms with van der Waals surface area (Å²) in [5.41, 5.74) is 4.67. The van der Waals surface area contributed by atoms with Crippen LogP contribution in [0.3, 0.4) is 0 Å². The zero-order valence-corrected chi connectivity index (χ0v) is 17.1. The van der Waals surface area contributed by atoms with Crippen LogP contribution < -0.4 is 5.32 Å². The standard InChI is InChI=1S/C22H22N6O2/c1-14-4-7-17(8-5-14)20-13-23-22(30-20)11-10-21(29)24-18-9-6-15(2)19(12-18)28-16(3)25-26-27-28/h4-9,12-13H,10-11H2,1-3H3,(H,24,29). The average molecular weight is 402 g/mol. The van der Waals surface area contributed by atoms with E-state index in [1.54, 1.807) is 10.9 Å². The Kier molecular flexibility index (Phi) is 5.38. The molecule has 152 valence electrons. The van der Waals surface area contributed by atoms with Crippen molar-refractivity contribution in [2.24, 2.45) is 0 Å². The van der Waals surface area contributed by atoms with Crippen molar-refractivity contribution < 1.29 is 9.21 Å². The van der Waals surface area contributed by atoms with Crippen LogP contribution in [0.5, 0.6) is 0 Å². The van der Waals surface area contributed by atoms with Gasteiger partial charge >= 0.3 is 0 Å². The molecule has 30 heavy (non-hydrogen) atoms. The van der Waals surface area contributed by atoms with E-state index in [0.29, 0.717) is 29.6 Å². The number of hydrogen-bond donors (Lipinski definition) is 1. The molecule has 0 aliphatic rings. The number of nitrogens with zero attached hydrogens (tertiary/aromatic N) is 5. The summed E-state index contributed by atoms with van der Waals surface area (Å²) in [6.07, 6.45) is 2.38. The lowest BCUT2D eigenvalue weighted by Crippen LogP contribution is -2.13. The fourth-order valence-corrected chi connectivity index (χ4v) is 3.09. The first-order valence-electron chi connectivity index (χ1n) is 9.67. The van der Waals surface area contributed by atoms with Gasteiger partial charge in [0, 0.05) is 24.1 Å². The largest absolute Gasteiger partial charge is 0.441 e. The van der Waals surface area contributed by atoms with Crippen LogP contribution in [-0.2, 0) is 11.2 Å². The molecule has 0 spiro atoms. The van der Waals surface area contributed by atoms with Crippen molar-refractivity contribution in [3.8, 4) is 17.0 Å². The number of rotatable bonds is 6. The lowest BCUT2D eigenvalue weighted by atomic mass is 10.1. The normalized spacial score (nSPS) is 10.9. The highest BCUT2D eigenvalue weighted by molar-refractivity contribution is 5.91. The fraction of sp³-hybridized carbons (Fsp3) is 0.227. The van der Waals surface area contributed by atoms with Crippen LogP contribution in [0.1, 0.15) is 29.3 Å². The van der Waals surface area contributed by atoms with Crippen molar-refractivity contribution in [1.82, 2.24) is 25.2 Å². The van der Waals surface area contributed by atoms with Gasteiger partial charge in [-0.2, -0.15) is 4.68 Å². The Bertz CT molecular complexity index is 1180. The van der Waals surface area contributed by atoms with Crippen LogP contribution >= 0.6 is 0 Å². The van der Waals surface area contributed by atoms with Crippen molar-refractivity contribution in [2.45, 2.75) is 33.6 Å². The van der Waals surface area contributed by atoms with Gasteiger partial charge in [-0.15, -0.1) is 5.10 Å². The third kappa shape index (κ3) is 4.27.